The average Bonchev–Trinajstić information content (AvgIpc) is 2.65. The minimum Gasteiger partial charge on any atom is -0.469 e. The van der Waals surface area contributed by atoms with Gasteiger partial charge in [0, 0.05) is 29.9 Å². The SMILES string of the molecule is COC(=O)Cc1cc2c([nH]1)CC(C)N(C)C(C)C2. The monoisotopic (exact) mass is 250 g/mol. The number of aromatic nitrogens is 1. The lowest BCUT2D eigenvalue weighted by molar-refractivity contribution is -0.139. The van der Waals surface area contributed by atoms with Crippen LogP contribution in [0.5, 0.6) is 0 Å². The van der Waals surface area contributed by atoms with Crippen molar-refractivity contribution in [1.82, 2.24) is 9.88 Å². The molecule has 100 valence electrons. The predicted octanol–water partition coefficient (Wildman–Crippen LogP) is 1.54. The second-order valence-corrected chi connectivity index (χ2v) is 5.32. The van der Waals surface area contributed by atoms with Gasteiger partial charge in [-0.2, -0.15) is 0 Å². The van der Waals surface area contributed by atoms with Crippen molar-refractivity contribution < 1.29 is 9.53 Å². The number of aromatic amines is 1. The highest BCUT2D eigenvalue weighted by Gasteiger charge is 2.24. The van der Waals surface area contributed by atoms with Crippen LogP contribution in [-0.2, 0) is 28.8 Å². The maximum atomic E-state index is 11.3. The molecule has 2 unspecified atom stereocenters. The number of ether oxygens (including phenoxy) is 1. The molecule has 4 nitrogen and oxygen atoms in total. The van der Waals surface area contributed by atoms with Gasteiger partial charge in [-0.1, -0.05) is 0 Å². The van der Waals surface area contributed by atoms with E-state index in [4.69, 9.17) is 4.74 Å². The molecule has 4 heteroatoms. The Labute approximate surface area is 108 Å². The number of nitrogens with one attached hydrogen (secondary N) is 1. The van der Waals surface area contributed by atoms with Crippen LogP contribution in [-0.4, -0.2) is 42.1 Å². The number of carbonyl (C=O) groups excluding carboxylic acids is 1. The van der Waals surface area contributed by atoms with Gasteiger partial charge in [0.15, 0.2) is 0 Å². The lowest BCUT2D eigenvalue weighted by Crippen LogP contribution is -2.37. The Morgan fingerprint density at radius 2 is 2.11 bits per heavy atom. The fourth-order valence-corrected chi connectivity index (χ4v) is 2.63. The van der Waals surface area contributed by atoms with Crippen LogP contribution in [0.3, 0.4) is 0 Å². The van der Waals surface area contributed by atoms with Crippen LogP contribution in [0.25, 0.3) is 0 Å². The van der Waals surface area contributed by atoms with E-state index in [2.05, 4.69) is 36.8 Å². The maximum Gasteiger partial charge on any atom is 0.311 e. The van der Waals surface area contributed by atoms with Crippen LogP contribution in [0.4, 0.5) is 0 Å². The summed E-state index contributed by atoms with van der Waals surface area (Å²) in [4.78, 5) is 17.1. The van der Waals surface area contributed by atoms with Gasteiger partial charge in [-0.3, -0.25) is 4.79 Å². The number of methoxy groups -OCH3 is 1. The number of rotatable bonds is 2. The van der Waals surface area contributed by atoms with Gasteiger partial charge in [0.1, 0.15) is 0 Å². The van der Waals surface area contributed by atoms with Gasteiger partial charge in [-0.05, 0) is 38.9 Å². The molecule has 1 aromatic rings. The first-order chi connectivity index (χ1) is 8.51. The van der Waals surface area contributed by atoms with Gasteiger partial charge in [0.2, 0.25) is 0 Å². The predicted molar refractivity (Wildman–Crippen MR) is 70.6 cm³/mol. The van der Waals surface area contributed by atoms with E-state index in [1.165, 1.54) is 18.4 Å². The molecule has 0 saturated heterocycles. The first-order valence-corrected chi connectivity index (χ1v) is 6.49. The molecule has 1 N–H and O–H groups in total. The number of hydrogen-bond acceptors (Lipinski definition) is 3. The van der Waals surface area contributed by atoms with E-state index < -0.39 is 0 Å². The van der Waals surface area contributed by atoms with E-state index in [1.807, 2.05) is 0 Å². The number of nitrogens with zero attached hydrogens (tertiary/aromatic N) is 1. The molecule has 0 amide bonds. The second-order valence-electron chi connectivity index (χ2n) is 5.32. The van der Waals surface area contributed by atoms with E-state index in [0.29, 0.717) is 18.5 Å². The molecule has 0 bridgehead atoms. The van der Waals surface area contributed by atoms with Gasteiger partial charge in [0.05, 0.1) is 13.5 Å². The van der Waals surface area contributed by atoms with Crippen LogP contribution in [0.1, 0.15) is 30.8 Å². The molecule has 0 aromatic carbocycles. The lowest BCUT2D eigenvalue weighted by atomic mass is 10.1. The summed E-state index contributed by atoms with van der Waals surface area (Å²) in [5, 5.41) is 0. The fourth-order valence-electron chi connectivity index (χ4n) is 2.63. The van der Waals surface area contributed by atoms with Crippen molar-refractivity contribution in [2.24, 2.45) is 0 Å². The molecule has 0 aliphatic carbocycles. The molecule has 2 rings (SSSR count). The van der Waals surface area contributed by atoms with E-state index >= 15 is 0 Å². The zero-order chi connectivity index (χ0) is 13.3. The number of H-pyrrole nitrogens is 1. The second kappa shape index (κ2) is 5.14. The normalized spacial score (nSPS) is 24.4. The highest BCUT2D eigenvalue weighted by atomic mass is 16.5. The van der Waals surface area contributed by atoms with E-state index in [0.717, 1.165) is 18.5 Å². The van der Waals surface area contributed by atoms with Crippen LogP contribution < -0.4 is 0 Å². The van der Waals surface area contributed by atoms with Crippen LogP contribution in [0.2, 0.25) is 0 Å². The standard InChI is InChI=1S/C14H22N2O2/c1-9-5-11-7-12(8-14(17)18-4)15-13(11)6-10(2)16(9)3/h7,9-10,15H,5-6,8H2,1-4H3. The minimum absolute atomic E-state index is 0.190. The number of hydrogen-bond donors (Lipinski definition) is 1. The van der Waals surface area contributed by atoms with Crippen molar-refractivity contribution in [2.75, 3.05) is 14.2 Å². The third-order valence-corrected chi connectivity index (χ3v) is 4.02. The Bertz CT molecular complexity index is 410. The molecule has 0 fully saturated rings. The summed E-state index contributed by atoms with van der Waals surface area (Å²) < 4.78 is 4.70. The number of carbonyl (C=O) groups is 1. The summed E-state index contributed by atoms with van der Waals surface area (Å²) in [7, 11) is 3.60. The van der Waals surface area contributed by atoms with Crippen molar-refractivity contribution in [3.05, 3.63) is 23.0 Å². The highest BCUT2D eigenvalue weighted by molar-refractivity contribution is 5.72. The molecule has 1 aliphatic rings. The third kappa shape index (κ3) is 2.58. The Balaban J connectivity index is 2.20. The van der Waals surface area contributed by atoms with Gasteiger partial charge in [-0.25, -0.2) is 0 Å². The quantitative estimate of drug-likeness (QED) is 0.810. The lowest BCUT2D eigenvalue weighted by Gasteiger charge is -2.27. The summed E-state index contributed by atoms with van der Waals surface area (Å²) in [6, 6.07) is 3.17. The number of fused-ring (bicyclic) bond motifs is 1. The van der Waals surface area contributed by atoms with E-state index in [1.54, 1.807) is 0 Å². The Kier molecular flexibility index (Phi) is 3.76. The molecule has 2 atom stereocenters. The number of esters is 1. The van der Waals surface area contributed by atoms with Crippen molar-refractivity contribution in [1.29, 1.82) is 0 Å². The smallest absolute Gasteiger partial charge is 0.311 e. The Hall–Kier alpha value is -1.29. The molecule has 18 heavy (non-hydrogen) atoms. The van der Waals surface area contributed by atoms with Crippen LogP contribution in [0.15, 0.2) is 6.07 Å². The van der Waals surface area contributed by atoms with E-state index in [-0.39, 0.29) is 5.97 Å². The van der Waals surface area contributed by atoms with Gasteiger partial charge >= 0.3 is 5.97 Å². The zero-order valence-electron chi connectivity index (χ0n) is 11.6. The highest BCUT2D eigenvalue weighted by Crippen LogP contribution is 2.23. The zero-order valence-corrected chi connectivity index (χ0v) is 11.6. The van der Waals surface area contributed by atoms with Crippen molar-refractivity contribution >= 4 is 5.97 Å². The molecule has 0 saturated carbocycles. The van der Waals surface area contributed by atoms with Gasteiger partial charge in [0.25, 0.3) is 0 Å². The topological polar surface area (TPSA) is 45.3 Å². The van der Waals surface area contributed by atoms with E-state index in [9.17, 15) is 4.79 Å². The van der Waals surface area contributed by atoms with Crippen LogP contribution in [0, 0.1) is 0 Å². The third-order valence-electron chi connectivity index (χ3n) is 4.02. The fraction of sp³-hybridized carbons (Fsp3) is 0.643. The summed E-state index contributed by atoms with van der Waals surface area (Å²) in [6.07, 6.45) is 2.38. The Morgan fingerprint density at radius 3 is 2.78 bits per heavy atom. The molecular formula is C14H22N2O2. The molecule has 1 aromatic heterocycles. The van der Waals surface area contributed by atoms with Crippen LogP contribution >= 0.6 is 0 Å². The molecule has 2 heterocycles. The summed E-state index contributed by atoms with van der Waals surface area (Å²) in [6.45, 7) is 4.49. The largest absolute Gasteiger partial charge is 0.469 e. The van der Waals surface area contributed by atoms with Gasteiger partial charge in [-0.15, -0.1) is 0 Å². The van der Waals surface area contributed by atoms with Crippen molar-refractivity contribution in [2.45, 2.75) is 45.2 Å². The first-order valence-electron chi connectivity index (χ1n) is 6.49. The summed E-state index contributed by atoms with van der Waals surface area (Å²) in [5.41, 5.74) is 3.59. The molecule has 0 radical (unpaired) electrons. The van der Waals surface area contributed by atoms with Gasteiger partial charge < -0.3 is 14.6 Å². The molecule has 0 spiro atoms. The summed E-state index contributed by atoms with van der Waals surface area (Å²) >= 11 is 0. The maximum absolute atomic E-state index is 11.3. The molecule has 1 aliphatic heterocycles. The number of likely N-dealkylation sites (N-methyl/N-ethyl adjacent to an activating group) is 1. The average molecular weight is 250 g/mol. The Morgan fingerprint density at radius 1 is 1.44 bits per heavy atom. The van der Waals surface area contributed by atoms with Crippen molar-refractivity contribution in [3.8, 4) is 0 Å². The van der Waals surface area contributed by atoms with Crippen molar-refractivity contribution in [3.63, 3.8) is 0 Å². The minimum atomic E-state index is -0.190. The molecular weight excluding hydrogens is 228 g/mol. The first kappa shape index (κ1) is 13.1. The summed E-state index contributed by atoms with van der Waals surface area (Å²) in [5.74, 6) is -0.190.